The van der Waals surface area contributed by atoms with Crippen LogP contribution in [-0.4, -0.2) is 42.3 Å². The molecular formula is C10H15NO4. The van der Waals surface area contributed by atoms with Crippen molar-refractivity contribution in [2.75, 3.05) is 20.2 Å². The van der Waals surface area contributed by atoms with Gasteiger partial charge in [-0.15, -0.1) is 0 Å². The van der Waals surface area contributed by atoms with Gasteiger partial charge in [-0.1, -0.05) is 5.57 Å². The predicted molar refractivity (Wildman–Crippen MR) is 53.5 cm³/mol. The van der Waals surface area contributed by atoms with Gasteiger partial charge >= 0.3 is 12.1 Å². The van der Waals surface area contributed by atoms with Gasteiger partial charge in [-0.05, 0) is 19.3 Å². The van der Waals surface area contributed by atoms with Crippen LogP contribution in [-0.2, 0) is 9.53 Å². The Labute approximate surface area is 88.3 Å². The molecule has 1 aliphatic heterocycles. The molecule has 0 bridgehead atoms. The second-order valence-electron chi connectivity index (χ2n) is 3.45. The van der Waals surface area contributed by atoms with Gasteiger partial charge in [0.2, 0.25) is 0 Å². The first-order valence-electron chi connectivity index (χ1n) is 4.88. The second-order valence-corrected chi connectivity index (χ2v) is 3.45. The van der Waals surface area contributed by atoms with Crippen LogP contribution < -0.4 is 0 Å². The number of amides is 1. The van der Waals surface area contributed by atoms with Crippen molar-refractivity contribution >= 4 is 12.1 Å². The molecule has 1 saturated heterocycles. The number of carbonyl (C=O) groups excluding carboxylic acids is 1. The zero-order valence-electron chi connectivity index (χ0n) is 8.73. The summed E-state index contributed by atoms with van der Waals surface area (Å²) in [6.07, 6.45) is 2.70. The van der Waals surface area contributed by atoms with Crippen LogP contribution in [0.5, 0.6) is 0 Å². The van der Waals surface area contributed by atoms with Crippen LogP contribution in [0.3, 0.4) is 0 Å². The first kappa shape index (κ1) is 11.6. The summed E-state index contributed by atoms with van der Waals surface area (Å²) >= 11 is 0. The Hall–Kier alpha value is -1.52. The van der Waals surface area contributed by atoms with Crippen LogP contribution in [0.2, 0.25) is 0 Å². The molecule has 0 unspecified atom stereocenters. The van der Waals surface area contributed by atoms with Crippen LogP contribution in [0.4, 0.5) is 4.79 Å². The molecule has 1 fully saturated rings. The van der Waals surface area contributed by atoms with E-state index in [1.54, 1.807) is 0 Å². The number of methoxy groups -OCH3 is 1. The summed E-state index contributed by atoms with van der Waals surface area (Å²) in [5, 5.41) is 8.79. The van der Waals surface area contributed by atoms with Gasteiger partial charge in [0.05, 0.1) is 7.11 Å². The Bertz CT molecular complexity index is 285. The van der Waals surface area contributed by atoms with Crippen molar-refractivity contribution in [1.29, 1.82) is 0 Å². The lowest BCUT2D eigenvalue weighted by Gasteiger charge is -2.14. The van der Waals surface area contributed by atoms with Crippen molar-refractivity contribution < 1.29 is 19.4 Å². The predicted octanol–water partition coefficient (Wildman–Crippen LogP) is 1.25. The minimum atomic E-state index is -0.894. The topological polar surface area (TPSA) is 66.8 Å². The number of ether oxygens (including phenoxy) is 1. The van der Waals surface area contributed by atoms with Crippen molar-refractivity contribution in [3.05, 3.63) is 11.6 Å². The highest BCUT2D eigenvalue weighted by Crippen LogP contribution is 2.16. The molecule has 1 rings (SSSR count). The fraction of sp³-hybridized carbons (Fsp3) is 0.600. The molecule has 0 atom stereocenters. The zero-order valence-corrected chi connectivity index (χ0v) is 8.73. The van der Waals surface area contributed by atoms with E-state index in [0.717, 1.165) is 18.4 Å². The summed E-state index contributed by atoms with van der Waals surface area (Å²) in [5.74, 6) is -0.367. The lowest BCUT2D eigenvalue weighted by molar-refractivity contribution is -0.134. The van der Waals surface area contributed by atoms with E-state index in [0.29, 0.717) is 19.5 Å². The largest absolute Gasteiger partial charge is 0.466 e. The maximum Gasteiger partial charge on any atom is 0.407 e. The van der Waals surface area contributed by atoms with E-state index in [2.05, 4.69) is 4.74 Å². The number of carboxylic acid groups (broad SMARTS) is 1. The smallest absolute Gasteiger partial charge is 0.407 e. The molecule has 1 heterocycles. The van der Waals surface area contributed by atoms with Crippen LogP contribution in [0, 0.1) is 0 Å². The summed E-state index contributed by atoms with van der Waals surface area (Å²) in [6, 6.07) is 0. The molecule has 84 valence electrons. The number of carbonyl (C=O) groups is 2. The number of likely N-dealkylation sites (tertiary alicyclic amines) is 1. The lowest BCUT2D eigenvalue weighted by atomic mass is 10.1. The Morgan fingerprint density at radius 1 is 1.40 bits per heavy atom. The van der Waals surface area contributed by atoms with E-state index in [4.69, 9.17) is 5.11 Å². The number of hydrogen-bond acceptors (Lipinski definition) is 3. The number of esters is 1. The maximum atomic E-state index is 11.0. The van der Waals surface area contributed by atoms with Crippen molar-refractivity contribution in [1.82, 2.24) is 4.90 Å². The first-order chi connectivity index (χ1) is 7.13. The van der Waals surface area contributed by atoms with E-state index >= 15 is 0 Å². The third kappa shape index (κ3) is 3.61. The minimum absolute atomic E-state index is 0.367. The quantitative estimate of drug-likeness (QED) is 0.526. The SMILES string of the molecule is COC(=O)C=C1CCCN(C(=O)O)CC1. The van der Waals surface area contributed by atoms with Crippen LogP contribution in [0.1, 0.15) is 19.3 Å². The highest BCUT2D eigenvalue weighted by Gasteiger charge is 2.16. The molecular weight excluding hydrogens is 198 g/mol. The molecule has 0 aromatic carbocycles. The van der Waals surface area contributed by atoms with Crippen LogP contribution in [0.25, 0.3) is 0 Å². The van der Waals surface area contributed by atoms with Crippen molar-refractivity contribution in [2.24, 2.45) is 0 Å². The van der Waals surface area contributed by atoms with E-state index in [1.807, 2.05) is 0 Å². The fourth-order valence-electron chi connectivity index (χ4n) is 1.57. The number of nitrogens with zero attached hydrogens (tertiary/aromatic N) is 1. The Kier molecular flexibility index (Phi) is 4.15. The van der Waals surface area contributed by atoms with Crippen molar-refractivity contribution in [3.8, 4) is 0 Å². The third-order valence-corrected chi connectivity index (χ3v) is 2.42. The summed E-state index contributed by atoms with van der Waals surface area (Å²) < 4.78 is 4.52. The maximum absolute atomic E-state index is 11.0. The van der Waals surface area contributed by atoms with E-state index in [-0.39, 0.29) is 5.97 Å². The summed E-state index contributed by atoms with van der Waals surface area (Å²) in [5.41, 5.74) is 0.964. The summed E-state index contributed by atoms with van der Waals surface area (Å²) in [4.78, 5) is 23.1. The molecule has 0 spiro atoms. The second kappa shape index (κ2) is 5.38. The van der Waals surface area contributed by atoms with Crippen molar-refractivity contribution in [3.63, 3.8) is 0 Å². The van der Waals surface area contributed by atoms with E-state index < -0.39 is 6.09 Å². The van der Waals surface area contributed by atoms with Gasteiger partial charge in [0.1, 0.15) is 0 Å². The van der Waals surface area contributed by atoms with Gasteiger partial charge in [-0.3, -0.25) is 0 Å². The molecule has 5 nitrogen and oxygen atoms in total. The Morgan fingerprint density at radius 2 is 2.13 bits per heavy atom. The van der Waals surface area contributed by atoms with Crippen LogP contribution >= 0.6 is 0 Å². The average Bonchev–Trinajstić information content (AvgIpc) is 2.43. The Morgan fingerprint density at radius 3 is 2.73 bits per heavy atom. The molecule has 0 saturated carbocycles. The van der Waals surface area contributed by atoms with Gasteiger partial charge in [0, 0.05) is 19.2 Å². The van der Waals surface area contributed by atoms with Crippen LogP contribution in [0.15, 0.2) is 11.6 Å². The molecule has 5 heteroatoms. The molecule has 15 heavy (non-hydrogen) atoms. The molecule has 0 radical (unpaired) electrons. The fourth-order valence-corrected chi connectivity index (χ4v) is 1.57. The highest BCUT2D eigenvalue weighted by atomic mass is 16.5. The molecule has 1 N–H and O–H groups in total. The molecule has 0 aromatic heterocycles. The van der Waals surface area contributed by atoms with Gasteiger partial charge in [0.25, 0.3) is 0 Å². The van der Waals surface area contributed by atoms with Crippen molar-refractivity contribution in [2.45, 2.75) is 19.3 Å². The van der Waals surface area contributed by atoms with Gasteiger partial charge in [0.15, 0.2) is 0 Å². The molecule has 1 aliphatic rings. The summed E-state index contributed by atoms with van der Waals surface area (Å²) in [7, 11) is 1.33. The minimum Gasteiger partial charge on any atom is -0.466 e. The molecule has 0 aliphatic carbocycles. The third-order valence-electron chi connectivity index (χ3n) is 2.42. The number of rotatable bonds is 1. The van der Waals surface area contributed by atoms with Gasteiger partial charge in [-0.2, -0.15) is 0 Å². The zero-order chi connectivity index (χ0) is 11.3. The van der Waals surface area contributed by atoms with Gasteiger partial charge in [-0.25, -0.2) is 9.59 Å². The standard InChI is InChI=1S/C10H15NO4/c1-15-9(12)7-8-3-2-5-11(6-4-8)10(13)14/h7H,2-6H2,1H3,(H,13,14). The monoisotopic (exact) mass is 213 g/mol. The first-order valence-corrected chi connectivity index (χ1v) is 4.88. The highest BCUT2D eigenvalue weighted by molar-refractivity contribution is 5.82. The average molecular weight is 213 g/mol. The van der Waals surface area contributed by atoms with E-state index in [9.17, 15) is 9.59 Å². The molecule has 0 aromatic rings. The van der Waals surface area contributed by atoms with E-state index in [1.165, 1.54) is 18.1 Å². The summed E-state index contributed by atoms with van der Waals surface area (Å²) in [6.45, 7) is 0.992. The number of hydrogen-bond donors (Lipinski definition) is 1. The lowest BCUT2D eigenvalue weighted by Crippen LogP contribution is -2.30. The molecule has 1 amide bonds. The van der Waals surface area contributed by atoms with Gasteiger partial charge < -0.3 is 14.7 Å². The Balaban J connectivity index is 2.56. The normalized spacial score (nSPS) is 19.8.